The maximum absolute atomic E-state index is 14.0. The van der Waals surface area contributed by atoms with Crippen LogP contribution >= 0.6 is 27.3 Å². The van der Waals surface area contributed by atoms with Crippen LogP contribution in [0.4, 0.5) is 4.39 Å². The normalized spacial score (nSPS) is 12.3. The van der Waals surface area contributed by atoms with Crippen molar-refractivity contribution in [2.75, 3.05) is 0 Å². The molecule has 106 valence electrons. The zero-order valence-corrected chi connectivity index (χ0v) is 13.4. The molecule has 0 spiro atoms. The molecule has 1 unspecified atom stereocenters. The van der Waals surface area contributed by atoms with Gasteiger partial charge in [0.05, 0.1) is 11.7 Å². The third-order valence-corrected chi connectivity index (χ3v) is 4.57. The van der Waals surface area contributed by atoms with Gasteiger partial charge in [0.1, 0.15) is 10.8 Å². The van der Waals surface area contributed by atoms with Gasteiger partial charge in [-0.3, -0.25) is 0 Å². The molecule has 1 aromatic heterocycles. The highest BCUT2D eigenvalue weighted by Crippen LogP contribution is 2.30. The van der Waals surface area contributed by atoms with Crippen LogP contribution in [0.5, 0.6) is 0 Å². The van der Waals surface area contributed by atoms with Crippen LogP contribution < -0.4 is 5.73 Å². The lowest BCUT2D eigenvalue weighted by atomic mass is 10.1. The molecule has 0 fully saturated rings. The van der Waals surface area contributed by atoms with Crippen LogP contribution in [0.2, 0.25) is 0 Å². The highest BCUT2D eigenvalue weighted by Gasteiger charge is 2.15. The number of halogens is 2. The summed E-state index contributed by atoms with van der Waals surface area (Å²) in [5.41, 5.74) is 8.32. The van der Waals surface area contributed by atoms with E-state index in [1.807, 2.05) is 35.7 Å². The van der Waals surface area contributed by atoms with E-state index in [9.17, 15) is 4.39 Å². The molecule has 2 N–H and O–H groups in total. The predicted octanol–water partition coefficient (Wildman–Crippen LogP) is 4.76. The molecule has 0 aliphatic heterocycles. The highest BCUT2D eigenvalue weighted by atomic mass is 79.9. The van der Waals surface area contributed by atoms with Crippen LogP contribution in [0, 0.1) is 5.82 Å². The molecule has 21 heavy (non-hydrogen) atoms. The second-order valence-electron chi connectivity index (χ2n) is 4.58. The van der Waals surface area contributed by atoms with Gasteiger partial charge in [0.15, 0.2) is 0 Å². The minimum Gasteiger partial charge on any atom is -0.318 e. The molecule has 0 aliphatic carbocycles. The lowest BCUT2D eigenvalue weighted by Gasteiger charge is -2.08. The summed E-state index contributed by atoms with van der Waals surface area (Å²) >= 11 is 4.70. The number of hydrogen-bond acceptors (Lipinski definition) is 3. The molecule has 2 aromatic carbocycles. The Morgan fingerprint density at radius 2 is 1.90 bits per heavy atom. The minimum atomic E-state index is -0.297. The van der Waals surface area contributed by atoms with E-state index in [4.69, 9.17) is 5.73 Å². The molecule has 0 bridgehead atoms. The minimum absolute atomic E-state index is 0.288. The zero-order chi connectivity index (χ0) is 14.8. The topological polar surface area (TPSA) is 38.9 Å². The Labute approximate surface area is 134 Å². The van der Waals surface area contributed by atoms with Gasteiger partial charge in [-0.25, -0.2) is 9.37 Å². The van der Waals surface area contributed by atoms with Crippen molar-refractivity contribution in [2.24, 2.45) is 5.73 Å². The SMILES string of the molecule is NC(c1ccccc1)c1nc(-c2ccc(Br)cc2F)cs1. The molecule has 0 saturated heterocycles. The van der Waals surface area contributed by atoms with E-state index in [-0.39, 0.29) is 11.9 Å². The molecule has 5 heteroatoms. The van der Waals surface area contributed by atoms with E-state index in [1.165, 1.54) is 17.4 Å². The van der Waals surface area contributed by atoms with Crippen molar-refractivity contribution >= 4 is 27.3 Å². The van der Waals surface area contributed by atoms with Crippen LogP contribution in [-0.2, 0) is 0 Å². The fourth-order valence-corrected chi connectivity index (χ4v) is 3.23. The Morgan fingerprint density at radius 3 is 2.62 bits per heavy atom. The van der Waals surface area contributed by atoms with Crippen molar-refractivity contribution in [3.05, 3.63) is 74.8 Å². The second kappa shape index (κ2) is 6.05. The van der Waals surface area contributed by atoms with Gasteiger partial charge < -0.3 is 5.73 Å². The summed E-state index contributed by atoms with van der Waals surface area (Å²) in [5, 5.41) is 2.61. The smallest absolute Gasteiger partial charge is 0.133 e. The lowest BCUT2D eigenvalue weighted by molar-refractivity contribution is 0.630. The van der Waals surface area contributed by atoms with E-state index in [1.54, 1.807) is 12.1 Å². The fourth-order valence-electron chi connectivity index (χ4n) is 2.05. The number of nitrogens with zero attached hydrogens (tertiary/aromatic N) is 1. The summed E-state index contributed by atoms with van der Waals surface area (Å²) in [7, 11) is 0. The van der Waals surface area contributed by atoms with Gasteiger partial charge in [0, 0.05) is 15.4 Å². The van der Waals surface area contributed by atoms with Gasteiger partial charge in [-0.15, -0.1) is 11.3 Å². The number of nitrogens with two attached hydrogens (primary N) is 1. The first-order valence-corrected chi connectivity index (χ1v) is 8.04. The first kappa shape index (κ1) is 14.4. The fraction of sp³-hybridized carbons (Fsp3) is 0.0625. The van der Waals surface area contributed by atoms with Crippen molar-refractivity contribution in [2.45, 2.75) is 6.04 Å². The zero-order valence-electron chi connectivity index (χ0n) is 11.0. The van der Waals surface area contributed by atoms with Gasteiger partial charge in [-0.1, -0.05) is 46.3 Å². The maximum Gasteiger partial charge on any atom is 0.133 e. The summed E-state index contributed by atoms with van der Waals surface area (Å²) in [4.78, 5) is 4.49. The van der Waals surface area contributed by atoms with Crippen molar-refractivity contribution in [1.29, 1.82) is 0 Å². The van der Waals surface area contributed by atoms with Crippen LogP contribution in [0.15, 0.2) is 58.4 Å². The third-order valence-electron chi connectivity index (χ3n) is 3.15. The molecule has 0 radical (unpaired) electrons. The first-order chi connectivity index (χ1) is 10.1. The predicted molar refractivity (Wildman–Crippen MR) is 87.7 cm³/mol. The Balaban J connectivity index is 1.93. The van der Waals surface area contributed by atoms with Crippen LogP contribution in [0.1, 0.15) is 16.6 Å². The Hall–Kier alpha value is -1.56. The van der Waals surface area contributed by atoms with Gasteiger partial charge in [-0.05, 0) is 23.8 Å². The van der Waals surface area contributed by atoms with Crippen molar-refractivity contribution in [3.63, 3.8) is 0 Å². The molecule has 0 aliphatic rings. The van der Waals surface area contributed by atoms with Crippen LogP contribution in [0.3, 0.4) is 0 Å². The summed E-state index contributed by atoms with van der Waals surface area (Å²) in [5.74, 6) is -0.297. The van der Waals surface area contributed by atoms with Gasteiger partial charge in [0.2, 0.25) is 0 Å². The number of hydrogen-bond donors (Lipinski definition) is 1. The molecule has 2 nitrogen and oxygen atoms in total. The molecule has 0 amide bonds. The van der Waals surface area contributed by atoms with Gasteiger partial charge in [-0.2, -0.15) is 0 Å². The van der Waals surface area contributed by atoms with Crippen LogP contribution in [0.25, 0.3) is 11.3 Å². The van der Waals surface area contributed by atoms with Crippen molar-refractivity contribution in [3.8, 4) is 11.3 Å². The Morgan fingerprint density at radius 1 is 1.14 bits per heavy atom. The van der Waals surface area contributed by atoms with E-state index in [2.05, 4.69) is 20.9 Å². The summed E-state index contributed by atoms with van der Waals surface area (Å²) in [6.45, 7) is 0. The summed E-state index contributed by atoms with van der Waals surface area (Å²) in [6.07, 6.45) is 0. The number of benzene rings is 2. The third kappa shape index (κ3) is 3.05. The average molecular weight is 363 g/mol. The molecule has 3 aromatic rings. The number of thiazole rings is 1. The molecule has 1 atom stereocenters. The molecule has 3 rings (SSSR count). The van der Waals surface area contributed by atoms with E-state index >= 15 is 0 Å². The van der Waals surface area contributed by atoms with Gasteiger partial charge >= 0.3 is 0 Å². The van der Waals surface area contributed by atoms with E-state index < -0.39 is 0 Å². The molecule has 1 heterocycles. The molecule has 0 saturated carbocycles. The molecular formula is C16H12BrFN2S. The van der Waals surface area contributed by atoms with E-state index in [0.717, 1.165) is 10.6 Å². The quantitative estimate of drug-likeness (QED) is 0.729. The summed E-state index contributed by atoms with van der Waals surface area (Å²) in [6, 6.07) is 14.4. The first-order valence-electron chi connectivity index (χ1n) is 6.36. The highest BCUT2D eigenvalue weighted by molar-refractivity contribution is 9.10. The monoisotopic (exact) mass is 362 g/mol. The number of rotatable bonds is 3. The molecular weight excluding hydrogens is 351 g/mol. The maximum atomic E-state index is 14.0. The van der Waals surface area contributed by atoms with Crippen molar-refractivity contribution < 1.29 is 4.39 Å². The van der Waals surface area contributed by atoms with Crippen LogP contribution in [-0.4, -0.2) is 4.98 Å². The van der Waals surface area contributed by atoms with Gasteiger partial charge in [0.25, 0.3) is 0 Å². The Kier molecular flexibility index (Phi) is 4.14. The standard InChI is InChI=1S/C16H12BrFN2S/c17-11-6-7-12(13(18)8-11)14-9-21-16(20-14)15(19)10-4-2-1-3-5-10/h1-9,15H,19H2. The largest absolute Gasteiger partial charge is 0.318 e. The van der Waals surface area contributed by atoms with Crippen molar-refractivity contribution in [1.82, 2.24) is 4.98 Å². The average Bonchev–Trinajstić information content (AvgIpc) is 2.97. The van der Waals surface area contributed by atoms with E-state index in [0.29, 0.717) is 15.7 Å². The lowest BCUT2D eigenvalue weighted by Crippen LogP contribution is -2.11. The summed E-state index contributed by atoms with van der Waals surface area (Å²) < 4.78 is 14.7. The second-order valence-corrected chi connectivity index (χ2v) is 6.39. The Bertz CT molecular complexity index is 758. The number of aromatic nitrogens is 1.